The first-order valence-electron chi connectivity index (χ1n) is 10.3. The number of Topliss-reactive ketones (excluding diaryl/α,β-unsaturated/α-hetero) is 1. The van der Waals surface area contributed by atoms with Crippen molar-refractivity contribution in [3.8, 4) is 0 Å². The maximum atomic E-state index is 12.6. The summed E-state index contributed by atoms with van der Waals surface area (Å²) in [6, 6.07) is 0. The number of carbonyl (C=O) groups is 1. The molecule has 4 heteroatoms. The molecule has 1 aliphatic carbocycles. The molecule has 0 fully saturated rings. The molecule has 0 bridgehead atoms. The number of hydrogen-bond acceptors (Lipinski definition) is 4. The molecule has 158 valence electrons. The van der Waals surface area contributed by atoms with Crippen molar-refractivity contribution >= 4 is 5.78 Å². The van der Waals surface area contributed by atoms with Crippen LogP contribution < -0.4 is 0 Å². The van der Waals surface area contributed by atoms with Crippen molar-refractivity contribution < 1.29 is 19.4 Å². The fraction of sp³-hybridized carbons (Fsp3) is 0.625. The van der Waals surface area contributed by atoms with E-state index < -0.39 is 6.10 Å². The van der Waals surface area contributed by atoms with Crippen LogP contribution in [0.1, 0.15) is 60.3 Å². The predicted octanol–water partition coefficient (Wildman–Crippen LogP) is 5.35. The number of aliphatic hydroxyl groups is 1. The van der Waals surface area contributed by atoms with Gasteiger partial charge in [-0.15, -0.1) is 0 Å². The molecule has 0 aromatic rings. The molecule has 0 aromatic heterocycles. The highest BCUT2D eigenvalue weighted by Crippen LogP contribution is 2.38. The van der Waals surface area contributed by atoms with Crippen molar-refractivity contribution in [2.24, 2.45) is 17.8 Å². The van der Waals surface area contributed by atoms with Crippen LogP contribution >= 0.6 is 0 Å². The normalized spacial score (nSPS) is 25.4. The minimum atomic E-state index is -0.847. The Kier molecular flexibility index (Phi) is 10.3. The van der Waals surface area contributed by atoms with Crippen LogP contribution in [0.3, 0.4) is 0 Å². The van der Waals surface area contributed by atoms with Gasteiger partial charge < -0.3 is 14.6 Å². The highest BCUT2D eigenvalue weighted by atomic mass is 16.5. The van der Waals surface area contributed by atoms with E-state index in [-0.39, 0.29) is 35.1 Å². The van der Waals surface area contributed by atoms with Crippen LogP contribution in [0.2, 0.25) is 0 Å². The maximum absolute atomic E-state index is 12.6. The van der Waals surface area contributed by atoms with E-state index in [4.69, 9.17) is 9.47 Å². The van der Waals surface area contributed by atoms with Gasteiger partial charge in [-0.1, -0.05) is 49.3 Å². The average molecular weight is 391 g/mol. The van der Waals surface area contributed by atoms with Crippen molar-refractivity contribution in [2.75, 3.05) is 14.2 Å². The third kappa shape index (κ3) is 6.37. The first-order valence-corrected chi connectivity index (χ1v) is 10.3. The summed E-state index contributed by atoms with van der Waals surface area (Å²) < 4.78 is 10.5. The fourth-order valence-corrected chi connectivity index (χ4v) is 4.01. The predicted molar refractivity (Wildman–Crippen MR) is 115 cm³/mol. The van der Waals surface area contributed by atoms with Gasteiger partial charge in [-0.3, -0.25) is 4.79 Å². The molecule has 0 aliphatic heterocycles. The number of aliphatic hydroxyl groups excluding tert-OH is 1. The van der Waals surface area contributed by atoms with Crippen molar-refractivity contribution in [3.05, 3.63) is 47.0 Å². The number of ether oxygens (including phenoxy) is 2. The zero-order valence-electron chi connectivity index (χ0n) is 18.6. The van der Waals surface area contributed by atoms with Crippen molar-refractivity contribution in [1.29, 1.82) is 0 Å². The zero-order valence-corrected chi connectivity index (χ0v) is 18.6. The van der Waals surface area contributed by atoms with E-state index in [0.29, 0.717) is 0 Å². The molecule has 0 amide bonds. The second-order valence-electron chi connectivity index (χ2n) is 7.85. The van der Waals surface area contributed by atoms with E-state index in [1.54, 1.807) is 0 Å². The van der Waals surface area contributed by atoms with Crippen LogP contribution in [0.5, 0.6) is 0 Å². The molecule has 0 saturated heterocycles. The minimum Gasteiger partial charge on any atom is -0.494 e. The molecule has 0 aromatic carbocycles. The summed E-state index contributed by atoms with van der Waals surface area (Å²) in [6.45, 7) is 10.3. The fourth-order valence-electron chi connectivity index (χ4n) is 4.01. The highest BCUT2D eigenvalue weighted by molar-refractivity contribution is 5.97. The monoisotopic (exact) mass is 390 g/mol. The Labute approximate surface area is 171 Å². The second kappa shape index (κ2) is 11.9. The Morgan fingerprint density at radius 2 is 1.79 bits per heavy atom. The third-order valence-electron chi connectivity index (χ3n) is 5.62. The Balaban J connectivity index is 2.79. The van der Waals surface area contributed by atoms with E-state index in [1.807, 2.05) is 13.8 Å². The Morgan fingerprint density at radius 1 is 1.14 bits per heavy atom. The van der Waals surface area contributed by atoms with Gasteiger partial charge in [-0.2, -0.15) is 0 Å². The number of ketones is 1. The standard InChI is InChI=1S/C24H38O4/c1-8-9-10-12-16(2)13-11-14-17(3)15-18(4)20-19(5)21(25)23(27-6)24(28-7)22(20)26/h8-9,13,15,18-20,22,26H,10-12,14H2,1-7H3/b9-8?,16-13+,17-15+/t18?,19-,20-,22-/m0/s1. The maximum Gasteiger partial charge on any atom is 0.204 e. The van der Waals surface area contributed by atoms with Gasteiger partial charge in [0, 0.05) is 11.8 Å². The van der Waals surface area contributed by atoms with Gasteiger partial charge in [0.1, 0.15) is 6.10 Å². The van der Waals surface area contributed by atoms with Crippen LogP contribution in [0.15, 0.2) is 47.0 Å². The molecule has 1 N–H and O–H groups in total. The van der Waals surface area contributed by atoms with E-state index in [0.717, 1.165) is 25.7 Å². The van der Waals surface area contributed by atoms with E-state index >= 15 is 0 Å². The Morgan fingerprint density at radius 3 is 2.36 bits per heavy atom. The smallest absolute Gasteiger partial charge is 0.204 e. The lowest BCUT2D eigenvalue weighted by Crippen LogP contribution is -2.43. The number of methoxy groups -OCH3 is 2. The van der Waals surface area contributed by atoms with Gasteiger partial charge in [0.15, 0.2) is 5.76 Å². The molecule has 1 unspecified atom stereocenters. The topological polar surface area (TPSA) is 55.8 Å². The minimum absolute atomic E-state index is 0.0530. The van der Waals surface area contributed by atoms with Crippen molar-refractivity contribution in [2.45, 2.75) is 66.4 Å². The molecule has 0 radical (unpaired) electrons. The van der Waals surface area contributed by atoms with Gasteiger partial charge >= 0.3 is 0 Å². The van der Waals surface area contributed by atoms with Gasteiger partial charge in [0.25, 0.3) is 0 Å². The van der Waals surface area contributed by atoms with Crippen LogP contribution in [0, 0.1) is 17.8 Å². The second-order valence-corrected chi connectivity index (χ2v) is 7.85. The van der Waals surface area contributed by atoms with E-state index in [9.17, 15) is 9.90 Å². The number of rotatable bonds is 10. The number of carbonyl (C=O) groups excluding carboxylic acids is 1. The lowest BCUT2D eigenvalue weighted by molar-refractivity contribution is -0.129. The van der Waals surface area contributed by atoms with Crippen LogP contribution in [-0.2, 0) is 14.3 Å². The summed E-state index contributed by atoms with van der Waals surface area (Å²) in [5, 5.41) is 10.8. The van der Waals surface area contributed by atoms with Gasteiger partial charge in [-0.05, 0) is 52.4 Å². The number of allylic oxidation sites excluding steroid dienone is 7. The summed E-state index contributed by atoms with van der Waals surface area (Å²) in [5.41, 5.74) is 2.69. The molecule has 4 nitrogen and oxygen atoms in total. The van der Waals surface area contributed by atoms with Gasteiger partial charge in [0.05, 0.1) is 14.2 Å². The SMILES string of the molecule is CC=CCC/C(C)=C/CC/C(C)=C/C(C)[C@H]1[C@H](C)C(=O)C(OC)=C(OC)[C@H]1O. The summed E-state index contributed by atoms with van der Waals surface area (Å²) >= 11 is 0. The molecular weight excluding hydrogens is 352 g/mol. The van der Waals surface area contributed by atoms with Crippen molar-refractivity contribution in [3.63, 3.8) is 0 Å². The van der Waals surface area contributed by atoms with E-state index in [1.165, 1.54) is 25.4 Å². The third-order valence-corrected chi connectivity index (χ3v) is 5.62. The van der Waals surface area contributed by atoms with Crippen LogP contribution in [0.4, 0.5) is 0 Å². The molecule has 1 rings (SSSR count). The Hall–Kier alpha value is -1.81. The molecule has 1 aliphatic rings. The molecule has 28 heavy (non-hydrogen) atoms. The zero-order chi connectivity index (χ0) is 21.3. The van der Waals surface area contributed by atoms with Crippen LogP contribution in [-0.4, -0.2) is 31.2 Å². The molecular formula is C24H38O4. The lowest BCUT2D eigenvalue weighted by Gasteiger charge is -2.36. The molecule has 0 spiro atoms. The summed E-state index contributed by atoms with van der Waals surface area (Å²) in [6.07, 6.45) is 12.1. The van der Waals surface area contributed by atoms with Crippen molar-refractivity contribution in [1.82, 2.24) is 0 Å². The molecule has 0 heterocycles. The summed E-state index contributed by atoms with van der Waals surface area (Å²) in [5.74, 6) is -0.214. The average Bonchev–Trinajstić information content (AvgIpc) is 2.64. The van der Waals surface area contributed by atoms with Gasteiger partial charge in [-0.25, -0.2) is 0 Å². The largest absolute Gasteiger partial charge is 0.494 e. The first-order chi connectivity index (χ1) is 13.3. The summed E-state index contributed by atoms with van der Waals surface area (Å²) in [7, 11) is 2.90. The first kappa shape index (κ1) is 24.2. The molecule has 4 atom stereocenters. The quantitative estimate of drug-likeness (QED) is 0.511. The lowest BCUT2D eigenvalue weighted by atomic mass is 9.72. The Bertz CT molecular complexity index is 639. The highest BCUT2D eigenvalue weighted by Gasteiger charge is 2.44. The summed E-state index contributed by atoms with van der Waals surface area (Å²) in [4.78, 5) is 12.6. The van der Waals surface area contributed by atoms with Crippen LogP contribution in [0.25, 0.3) is 0 Å². The number of hydrogen-bond donors (Lipinski definition) is 1. The van der Waals surface area contributed by atoms with E-state index in [2.05, 4.69) is 45.1 Å². The molecule has 0 saturated carbocycles. The van der Waals surface area contributed by atoms with Gasteiger partial charge in [0.2, 0.25) is 11.5 Å².